The van der Waals surface area contributed by atoms with E-state index in [1.807, 2.05) is 18.3 Å². The van der Waals surface area contributed by atoms with Gasteiger partial charge in [0, 0.05) is 35.8 Å². The lowest BCUT2D eigenvalue weighted by atomic mass is 9.96. The van der Waals surface area contributed by atoms with Gasteiger partial charge in [-0.2, -0.15) is 4.37 Å². The third kappa shape index (κ3) is 4.67. The zero-order valence-corrected chi connectivity index (χ0v) is 13.8. The first-order valence-electron chi connectivity index (χ1n) is 7.15. The van der Waals surface area contributed by atoms with Gasteiger partial charge >= 0.3 is 0 Å². The summed E-state index contributed by atoms with van der Waals surface area (Å²) in [4.78, 5) is 8.78. The second-order valence-electron chi connectivity index (χ2n) is 5.88. The van der Waals surface area contributed by atoms with Gasteiger partial charge < -0.3 is 10.1 Å². The molecular weight excluding hydrogens is 284 g/mol. The third-order valence-corrected chi connectivity index (χ3v) is 3.47. The van der Waals surface area contributed by atoms with Crippen LogP contribution in [-0.4, -0.2) is 20.9 Å². The van der Waals surface area contributed by atoms with E-state index >= 15 is 0 Å². The average molecular weight is 306 g/mol. The zero-order valence-electron chi connectivity index (χ0n) is 13.0. The third-order valence-electron chi connectivity index (χ3n) is 2.79. The Kier molecular flexibility index (Phi) is 5.12. The first kappa shape index (κ1) is 15.7. The second kappa shape index (κ2) is 6.85. The van der Waals surface area contributed by atoms with Crippen LogP contribution in [0.5, 0.6) is 5.88 Å². The van der Waals surface area contributed by atoms with Crippen molar-refractivity contribution in [1.82, 2.24) is 14.3 Å². The molecule has 5 nitrogen and oxygen atoms in total. The van der Waals surface area contributed by atoms with Crippen LogP contribution in [0.25, 0.3) is 0 Å². The molecule has 0 bridgehead atoms. The summed E-state index contributed by atoms with van der Waals surface area (Å²) in [6, 6.07) is 3.91. The smallest absolute Gasteiger partial charge is 0.213 e. The molecule has 114 valence electrons. The van der Waals surface area contributed by atoms with Crippen LogP contribution in [0.4, 0.5) is 5.13 Å². The summed E-state index contributed by atoms with van der Waals surface area (Å²) >= 11 is 1.39. The lowest BCUT2D eigenvalue weighted by molar-refractivity contribution is 0.305. The van der Waals surface area contributed by atoms with Crippen LogP contribution in [0.1, 0.15) is 45.5 Å². The Balaban J connectivity index is 1.89. The monoisotopic (exact) mass is 306 g/mol. The summed E-state index contributed by atoms with van der Waals surface area (Å²) in [5.74, 6) is 1.54. The molecule has 0 spiro atoms. The van der Waals surface area contributed by atoms with E-state index in [9.17, 15) is 0 Å². The van der Waals surface area contributed by atoms with Crippen molar-refractivity contribution in [1.29, 1.82) is 0 Å². The normalized spacial score (nSPS) is 11.4. The Morgan fingerprint density at radius 2 is 2.10 bits per heavy atom. The van der Waals surface area contributed by atoms with Crippen LogP contribution < -0.4 is 10.1 Å². The minimum Gasteiger partial charge on any atom is -0.478 e. The Bertz CT molecular complexity index is 560. The average Bonchev–Trinajstić information content (AvgIpc) is 2.93. The summed E-state index contributed by atoms with van der Waals surface area (Å²) < 4.78 is 9.84. The van der Waals surface area contributed by atoms with E-state index in [4.69, 9.17) is 4.74 Å². The van der Waals surface area contributed by atoms with Crippen molar-refractivity contribution in [3.8, 4) is 5.88 Å². The summed E-state index contributed by atoms with van der Waals surface area (Å²) in [7, 11) is 0. The molecule has 0 aliphatic carbocycles. The molecule has 0 radical (unpaired) electrons. The van der Waals surface area contributed by atoms with Crippen molar-refractivity contribution in [3.05, 3.63) is 29.7 Å². The van der Waals surface area contributed by atoms with Crippen molar-refractivity contribution in [2.24, 2.45) is 0 Å². The van der Waals surface area contributed by atoms with Gasteiger partial charge in [-0.05, 0) is 12.0 Å². The number of nitrogens with zero attached hydrogens (tertiary/aromatic N) is 3. The Morgan fingerprint density at radius 3 is 2.67 bits per heavy atom. The van der Waals surface area contributed by atoms with E-state index in [1.165, 1.54) is 11.5 Å². The Hall–Kier alpha value is -1.69. The highest BCUT2D eigenvalue weighted by molar-refractivity contribution is 7.09. The fourth-order valence-corrected chi connectivity index (χ4v) is 2.34. The number of rotatable bonds is 6. The van der Waals surface area contributed by atoms with E-state index in [1.54, 1.807) is 0 Å². The van der Waals surface area contributed by atoms with Crippen LogP contribution >= 0.6 is 11.5 Å². The quantitative estimate of drug-likeness (QED) is 0.883. The summed E-state index contributed by atoms with van der Waals surface area (Å²) in [5.41, 5.74) is 1.07. The molecule has 0 amide bonds. The molecule has 0 saturated carbocycles. The fraction of sp³-hybridized carbons (Fsp3) is 0.533. The van der Waals surface area contributed by atoms with Crippen LogP contribution in [0, 0.1) is 0 Å². The van der Waals surface area contributed by atoms with Gasteiger partial charge in [-0.15, -0.1) is 0 Å². The molecule has 0 aliphatic heterocycles. The van der Waals surface area contributed by atoms with Crippen LogP contribution in [0.15, 0.2) is 18.3 Å². The minimum absolute atomic E-state index is 0.0176. The lowest BCUT2D eigenvalue weighted by Crippen LogP contribution is -2.13. The van der Waals surface area contributed by atoms with Crippen molar-refractivity contribution in [3.63, 3.8) is 0 Å². The molecule has 1 N–H and O–H groups in total. The maximum absolute atomic E-state index is 5.46. The maximum Gasteiger partial charge on any atom is 0.213 e. The van der Waals surface area contributed by atoms with Gasteiger partial charge in [0.25, 0.3) is 0 Å². The van der Waals surface area contributed by atoms with Gasteiger partial charge in [0.1, 0.15) is 5.82 Å². The molecule has 6 heteroatoms. The number of ether oxygens (including phenoxy) is 1. The highest BCUT2D eigenvalue weighted by atomic mass is 32.1. The van der Waals surface area contributed by atoms with Gasteiger partial charge in [-0.1, -0.05) is 33.8 Å². The molecule has 21 heavy (non-hydrogen) atoms. The number of anilines is 1. The van der Waals surface area contributed by atoms with Crippen LogP contribution in [0.3, 0.4) is 0 Å². The molecule has 0 unspecified atom stereocenters. The van der Waals surface area contributed by atoms with Crippen LogP contribution in [-0.2, 0) is 12.0 Å². The highest BCUT2D eigenvalue weighted by Crippen LogP contribution is 2.23. The first-order valence-corrected chi connectivity index (χ1v) is 7.92. The lowest BCUT2D eigenvalue weighted by Gasteiger charge is -2.12. The van der Waals surface area contributed by atoms with E-state index in [2.05, 4.69) is 47.4 Å². The molecule has 0 aromatic carbocycles. The van der Waals surface area contributed by atoms with Crippen molar-refractivity contribution >= 4 is 16.7 Å². The second-order valence-corrected chi connectivity index (χ2v) is 6.63. The summed E-state index contributed by atoms with van der Waals surface area (Å²) in [5, 5.41) is 4.12. The fourth-order valence-electron chi connectivity index (χ4n) is 1.59. The molecule has 2 aromatic heterocycles. The summed E-state index contributed by atoms with van der Waals surface area (Å²) in [6.45, 7) is 9.78. The van der Waals surface area contributed by atoms with Crippen LogP contribution in [0.2, 0.25) is 0 Å². The number of aromatic nitrogens is 3. The van der Waals surface area contributed by atoms with E-state index in [0.717, 1.165) is 22.9 Å². The zero-order chi connectivity index (χ0) is 15.3. The van der Waals surface area contributed by atoms with Crippen molar-refractivity contribution in [2.75, 3.05) is 11.9 Å². The topological polar surface area (TPSA) is 59.9 Å². The van der Waals surface area contributed by atoms with Gasteiger partial charge in [0.15, 0.2) is 0 Å². The maximum atomic E-state index is 5.46. The molecule has 0 atom stereocenters. The van der Waals surface area contributed by atoms with E-state index in [-0.39, 0.29) is 5.41 Å². The van der Waals surface area contributed by atoms with Gasteiger partial charge in [-0.25, -0.2) is 9.97 Å². The Morgan fingerprint density at radius 1 is 1.29 bits per heavy atom. The number of pyridine rings is 1. The van der Waals surface area contributed by atoms with Gasteiger partial charge in [0.05, 0.1) is 6.61 Å². The molecular formula is C15H22N4OS. The summed E-state index contributed by atoms with van der Waals surface area (Å²) in [6.07, 6.45) is 2.81. The molecule has 0 aliphatic rings. The number of hydrogen-bond donors (Lipinski definition) is 1. The number of hydrogen-bond acceptors (Lipinski definition) is 6. The van der Waals surface area contributed by atoms with Gasteiger partial charge in [-0.3, -0.25) is 0 Å². The largest absolute Gasteiger partial charge is 0.478 e. The number of nitrogens with one attached hydrogen (secondary N) is 1. The van der Waals surface area contributed by atoms with E-state index < -0.39 is 0 Å². The molecule has 2 rings (SSSR count). The molecule has 2 aromatic rings. The first-order chi connectivity index (χ1) is 9.99. The van der Waals surface area contributed by atoms with E-state index in [0.29, 0.717) is 19.0 Å². The molecule has 0 saturated heterocycles. The molecule has 2 heterocycles. The highest BCUT2D eigenvalue weighted by Gasteiger charge is 2.19. The van der Waals surface area contributed by atoms with Crippen molar-refractivity contribution in [2.45, 2.75) is 46.1 Å². The molecule has 0 fully saturated rings. The minimum atomic E-state index is -0.0176. The predicted octanol–water partition coefficient (Wildman–Crippen LogP) is 3.63. The predicted molar refractivity (Wildman–Crippen MR) is 86.0 cm³/mol. The van der Waals surface area contributed by atoms with Gasteiger partial charge in [0.2, 0.25) is 11.0 Å². The standard InChI is InChI=1S/C15H22N4OS/c1-5-8-20-12-7-6-11(9-16-12)10-17-14-18-13(19-21-14)15(2,3)4/h6-7,9H,5,8,10H2,1-4H3,(H,17,18,19). The Labute approximate surface area is 130 Å². The van der Waals surface area contributed by atoms with Crippen molar-refractivity contribution < 1.29 is 4.74 Å². The SMILES string of the molecule is CCCOc1ccc(CNc2nc(C(C)(C)C)ns2)cn1.